The van der Waals surface area contributed by atoms with Gasteiger partial charge in [0.05, 0.1) is 17.8 Å². The predicted octanol–water partition coefficient (Wildman–Crippen LogP) is 3.13. The summed E-state index contributed by atoms with van der Waals surface area (Å²) in [5, 5.41) is 6.80. The minimum absolute atomic E-state index is 0.0386. The number of hydrogen-bond acceptors (Lipinski definition) is 3. The van der Waals surface area contributed by atoms with Gasteiger partial charge in [-0.2, -0.15) is 11.3 Å². The number of nitrogens with one attached hydrogen (secondary N) is 1. The highest BCUT2D eigenvalue weighted by Gasteiger charge is 2.08. The van der Waals surface area contributed by atoms with Crippen LogP contribution in [0.5, 0.6) is 0 Å². The minimum Gasteiger partial charge on any atom is -0.397 e. The Labute approximate surface area is 111 Å². The van der Waals surface area contributed by atoms with Gasteiger partial charge in [-0.3, -0.25) is 4.79 Å². The lowest BCUT2D eigenvalue weighted by Gasteiger charge is -2.10. The lowest BCUT2D eigenvalue weighted by molar-refractivity contribution is -0.115. The SMILES string of the molecule is Cc1cc(N)c(NC(=O)Cc2ccsc2)cc1C. The van der Waals surface area contributed by atoms with Crippen LogP contribution in [0.4, 0.5) is 11.4 Å². The molecule has 3 nitrogen and oxygen atoms in total. The van der Waals surface area contributed by atoms with E-state index in [-0.39, 0.29) is 5.91 Å². The fourth-order valence-electron chi connectivity index (χ4n) is 1.72. The normalized spacial score (nSPS) is 10.3. The number of carbonyl (C=O) groups excluding carboxylic acids is 1. The standard InChI is InChI=1S/C14H16N2OS/c1-9-5-12(15)13(6-10(9)2)16-14(17)7-11-3-4-18-8-11/h3-6,8H,7,15H2,1-2H3,(H,16,17). The molecule has 0 unspecified atom stereocenters. The molecule has 0 fully saturated rings. The maximum atomic E-state index is 11.9. The highest BCUT2D eigenvalue weighted by molar-refractivity contribution is 7.08. The van der Waals surface area contributed by atoms with E-state index in [0.29, 0.717) is 17.8 Å². The maximum absolute atomic E-state index is 11.9. The highest BCUT2D eigenvalue weighted by atomic mass is 32.1. The number of thiophene rings is 1. The molecular formula is C14H16N2OS. The van der Waals surface area contributed by atoms with Gasteiger partial charge in [-0.25, -0.2) is 0 Å². The van der Waals surface area contributed by atoms with Crippen LogP contribution in [-0.4, -0.2) is 5.91 Å². The van der Waals surface area contributed by atoms with Gasteiger partial charge in [0.25, 0.3) is 0 Å². The van der Waals surface area contributed by atoms with Crippen LogP contribution in [0.25, 0.3) is 0 Å². The van der Waals surface area contributed by atoms with Crippen molar-refractivity contribution in [1.29, 1.82) is 0 Å². The molecule has 94 valence electrons. The summed E-state index contributed by atoms with van der Waals surface area (Å²) in [6, 6.07) is 5.75. The molecule has 1 heterocycles. The monoisotopic (exact) mass is 260 g/mol. The largest absolute Gasteiger partial charge is 0.397 e. The zero-order valence-electron chi connectivity index (χ0n) is 10.5. The van der Waals surface area contributed by atoms with Gasteiger partial charge >= 0.3 is 0 Å². The molecule has 0 atom stereocenters. The number of anilines is 2. The van der Waals surface area contributed by atoms with Crippen molar-refractivity contribution in [3.05, 3.63) is 45.6 Å². The van der Waals surface area contributed by atoms with Crippen molar-refractivity contribution in [2.45, 2.75) is 20.3 Å². The first-order valence-electron chi connectivity index (χ1n) is 5.74. The van der Waals surface area contributed by atoms with Gasteiger partial charge < -0.3 is 11.1 Å². The Hall–Kier alpha value is -1.81. The van der Waals surface area contributed by atoms with E-state index >= 15 is 0 Å². The summed E-state index contributed by atoms with van der Waals surface area (Å²) >= 11 is 1.59. The Morgan fingerprint density at radius 2 is 2.06 bits per heavy atom. The first kappa shape index (κ1) is 12.6. The van der Waals surface area contributed by atoms with Crippen LogP contribution >= 0.6 is 11.3 Å². The summed E-state index contributed by atoms with van der Waals surface area (Å²) in [6.45, 7) is 4.01. The molecule has 0 bridgehead atoms. The molecule has 0 spiro atoms. The van der Waals surface area contributed by atoms with Gasteiger partial charge in [0.2, 0.25) is 5.91 Å². The van der Waals surface area contributed by atoms with Gasteiger partial charge in [0, 0.05) is 0 Å². The highest BCUT2D eigenvalue weighted by Crippen LogP contribution is 2.23. The first-order chi connectivity index (χ1) is 8.56. The van der Waals surface area contributed by atoms with Crippen molar-refractivity contribution in [2.75, 3.05) is 11.1 Å². The van der Waals surface area contributed by atoms with E-state index in [9.17, 15) is 4.79 Å². The molecule has 18 heavy (non-hydrogen) atoms. The zero-order chi connectivity index (χ0) is 13.1. The molecule has 0 saturated carbocycles. The van der Waals surface area contributed by atoms with Crippen LogP contribution in [0.3, 0.4) is 0 Å². The van der Waals surface area contributed by atoms with Crippen LogP contribution in [0.2, 0.25) is 0 Å². The first-order valence-corrected chi connectivity index (χ1v) is 6.68. The molecule has 1 amide bonds. The Morgan fingerprint density at radius 3 is 2.72 bits per heavy atom. The van der Waals surface area contributed by atoms with E-state index in [1.807, 2.05) is 42.8 Å². The van der Waals surface area contributed by atoms with Crippen molar-refractivity contribution in [3.63, 3.8) is 0 Å². The summed E-state index contributed by atoms with van der Waals surface area (Å²) in [7, 11) is 0. The van der Waals surface area contributed by atoms with Gasteiger partial charge in [-0.1, -0.05) is 0 Å². The molecule has 0 aliphatic heterocycles. The van der Waals surface area contributed by atoms with Gasteiger partial charge in [-0.05, 0) is 59.5 Å². The van der Waals surface area contributed by atoms with Gasteiger partial charge in [-0.15, -0.1) is 0 Å². The molecule has 2 rings (SSSR count). The minimum atomic E-state index is -0.0386. The number of amides is 1. The van der Waals surface area contributed by atoms with Gasteiger partial charge in [0.1, 0.15) is 0 Å². The van der Waals surface area contributed by atoms with Crippen LogP contribution < -0.4 is 11.1 Å². The molecule has 1 aromatic carbocycles. The van der Waals surface area contributed by atoms with Crippen molar-refractivity contribution in [1.82, 2.24) is 0 Å². The fraction of sp³-hybridized carbons (Fsp3) is 0.214. The summed E-state index contributed by atoms with van der Waals surface area (Å²) < 4.78 is 0. The Morgan fingerprint density at radius 1 is 1.33 bits per heavy atom. The van der Waals surface area contributed by atoms with E-state index in [1.165, 1.54) is 0 Å². The Kier molecular flexibility index (Phi) is 3.67. The molecule has 3 N–H and O–H groups in total. The topological polar surface area (TPSA) is 55.1 Å². The fourth-order valence-corrected chi connectivity index (χ4v) is 2.39. The number of rotatable bonds is 3. The van der Waals surface area contributed by atoms with Crippen molar-refractivity contribution in [3.8, 4) is 0 Å². The van der Waals surface area contributed by atoms with E-state index in [1.54, 1.807) is 11.3 Å². The number of benzene rings is 1. The van der Waals surface area contributed by atoms with Crippen molar-refractivity contribution < 1.29 is 4.79 Å². The number of aryl methyl sites for hydroxylation is 2. The molecule has 0 aliphatic carbocycles. The number of nitrogen functional groups attached to an aromatic ring is 1. The Balaban J connectivity index is 2.09. The summed E-state index contributed by atoms with van der Waals surface area (Å²) in [5.41, 5.74) is 10.5. The van der Waals surface area contributed by atoms with Crippen LogP contribution in [0, 0.1) is 13.8 Å². The molecular weight excluding hydrogens is 244 g/mol. The van der Waals surface area contributed by atoms with Crippen LogP contribution in [-0.2, 0) is 11.2 Å². The van der Waals surface area contributed by atoms with E-state index in [2.05, 4.69) is 5.32 Å². The molecule has 2 aromatic rings. The summed E-state index contributed by atoms with van der Waals surface area (Å²) in [6.07, 6.45) is 0.385. The summed E-state index contributed by atoms with van der Waals surface area (Å²) in [5.74, 6) is -0.0386. The molecule has 4 heteroatoms. The number of carbonyl (C=O) groups is 1. The van der Waals surface area contributed by atoms with Crippen LogP contribution in [0.15, 0.2) is 29.0 Å². The van der Waals surface area contributed by atoms with E-state index in [0.717, 1.165) is 16.7 Å². The molecule has 0 radical (unpaired) electrons. The van der Waals surface area contributed by atoms with Crippen molar-refractivity contribution >= 4 is 28.6 Å². The average Bonchev–Trinajstić information content (AvgIpc) is 2.78. The molecule has 0 saturated heterocycles. The zero-order valence-corrected chi connectivity index (χ0v) is 11.3. The second-order valence-electron chi connectivity index (χ2n) is 4.38. The van der Waals surface area contributed by atoms with Crippen LogP contribution in [0.1, 0.15) is 16.7 Å². The predicted molar refractivity (Wildman–Crippen MR) is 77.0 cm³/mol. The third-order valence-electron chi connectivity index (χ3n) is 2.88. The average molecular weight is 260 g/mol. The smallest absolute Gasteiger partial charge is 0.228 e. The van der Waals surface area contributed by atoms with Crippen molar-refractivity contribution in [2.24, 2.45) is 0 Å². The maximum Gasteiger partial charge on any atom is 0.228 e. The van der Waals surface area contributed by atoms with Gasteiger partial charge in [0.15, 0.2) is 0 Å². The number of nitrogens with two attached hydrogens (primary N) is 1. The lowest BCUT2D eigenvalue weighted by Crippen LogP contribution is -2.15. The number of hydrogen-bond donors (Lipinski definition) is 2. The molecule has 1 aromatic heterocycles. The third kappa shape index (κ3) is 2.90. The summed E-state index contributed by atoms with van der Waals surface area (Å²) in [4.78, 5) is 11.9. The lowest BCUT2D eigenvalue weighted by atomic mass is 10.1. The molecule has 0 aliphatic rings. The quantitative estimate of drug-likeness (QED) is 0.833. The third-order valence-corrected chi connectivity index (χ3v) is 3.62. The van der Waals surface area contributed by atoms with E-state index in [4.69, 9.17) is 5.73 Å². The second kappa shape index (κ2) is 5.23. The van der Waals surface area contributed by atoms with E-state index < -0.39 is 0 Å². The Bertz CT molecular complexity index is 561. The second-order valence-corrected chi connectivity index (χ2v) is 5.16.